The highest BCUT2D eigenvalue weighted by Gasteiger charge is 2.50. The van der Waals surface area contributed by atoms with Gasteiger partial charge in [0.2, 0.25) is 0 Å². The van der Waals surface area contributed by atoms with Crippen molar-refractivity contribution in [1.82, 2.24) is 0 Å². The van der Waals surface area contributed by atoms with Crippen molar-refractivity contribution in [3.05, 3.63) is 81.4 Å². The fraction of sp³-hybridized carbons (Fsp3) is 0.412. The van der Waals surface area contributed by atoms with Gasteiger partial charge in [-0.15, -0.1) is 0 Å². The minimum atomic E-state index is -2.79. The van der Waals surface area contributed by atoms with Crippen molar-refractivity contribution in [2.45, 2.75) is 77.5 Å². The number of hydrogen-bond donors (Lipinski definition) is 0. The van der Waals surface area contributed by atoms with Crippen molar-refractivity contribution in [2.24, 2.45) is 0 Å². The van der Waals surface area contributed by atoms with Crippen molar-refractivity contribution in [1.29, 1.82) is 0 Å². The Kier molecular flexibility index (Phi) is 10.2. The molecule has 0 N–H and O–H groups in total. The largest absolute Gasteiger partial charge is 0.496 e. The number of fused-ring (bicyclic) bond motifs is 1. The number of methoxy groups -OCH3 is 1. The molecule has 0 saturated heterocycles. The van der Waals surface area contributed by atoms with Crippen molar-refractivity contribution in [3.8, 4) is 11.5 Å². The maximum absolute atomic E-state index is 13.5. The standard InChI is InChI=1S/C34H41IO6Si/c1-7-39-29(37)19-14-20-34(5)22-27(36)30-28(38-6)21-24(31(35)32(30)41-34)23-40-42(33(2,3)4,25-15-10-8-11-16-25)26-17-12-9-13-18-26/h8-13,15-18,21H,7,14,19-20,22-23H2,1-6H3/t34-/m1/s1. The molecule has 0 aliphatic carbocycles. The summed E-state index contributed by atoms with van der Waals surface area (Å²) >= 11 is 2.27. The highest BCUT2D eigenvalue weighted by Crippen LogP contribution is 2.45. The predicted octanol–water partition coefficient (Wildman–Crippen LogP) is 6.83. The maximum Gasteiger partial charge on any atom is 0.305 e. The third-order valence-corrected chi connectivity index (χ3v) is 14.1. The van der Waals surface area contributed by atoms with Gasteiger partial charge in [-0.25, -0.2) is 0 Å². The summed E-state index contributed by atoms with van der Waals surface area (Å²) in [7, 11) is -1.21. The Balaban J connectivity index is 1.72. The molecule has 42 heavy (non-hydrogen) atoms. The minimum Gasteiger partial charge on any atom is -0.496 e. The highest BCUT2D eigenvalue weighted by atomic mass is 127. The third kappa shape index (κ3) is 6.60. The van der Waals surface area contributed by atoms with Crippen molar-refractivity contribution in [2.75, 3.05) is 13.7 Å². The molecule has 0 saturated carbocycles. The zero-order valence-electron chi connectivity index (χ0n) is 25.4. The number of Topliss-reactive ketones (excluding diaryl/α,β-unsaturated/α-hetero) is 1. The Hall–Kier alpha value is -2.69. The van der Waals surface area contributed by atoms with E-state index in [2.05, 4.69) is 91.9 Å². The van der Waals surface area contributed by atoms with E-state index < -0.39 is 13.9 Å². The molecule has 1 heterocycles. The lowest BCUT2D eigenvalue weighted by Crippen LogP contribution is -2.66. The Morgan fingerprint density at radius 1 is 1.05 bits per heavy atom. The van der Waals surface area contributed by atoms with E-state index in [1.54, 1.807) is 14.0 Å². The summed E-state index contributed by atoms with van der Waals surface area (Å²) in [6, 6.07) is 23.0. The molecule has 1 atom stereocenters. The van der Waals surface area contributed by atoms with Crippen molar-refractivity contribution in [3.63, 3.8) is 0 Å². The number of hydrogen-bond acceptors (Lipinski definition) is 6. The lowest BCUT2D eigenvalue weighted by atomic mass is 9.86. The molecule has 6 nitrogen and oxygen atoms in total. The van der Waals surface area contributed by atoms with Crippen LogP contribution >= 0.6 is 22.6 Å². The smallest absolute Gasteiger partial charge is 0.305 e. The van der Waals surface area contributed by atoms with E-state index in [9.17, 15) is 9.59 Å². The molecule has 3 aromatic carbocycles. The van der Waals surface area contributed by atoms with E-state index in [4.69, 9.17) is 18.6 Å². The number of rotatable bonds is 11. The van der Waals surface area contributed by atoms with Gasteiger partial charge in [0, 0.05) is 6.42 Å². The molecule has 0 aromatic heterocycles. The highest BCUT2D eigenvalue weighted by molar-refractivity contribution is 14.1. The fourth-order valence-corrected chi connectivity index (χ4v) is 11.1. The zero-order chi connectivity index (χ0) is 30.5. The van der Waals surface area contributed by atoms with E-state index in [0.29, 0.717) is 49.5 Å². The summed E-state index contributed by atoms with van der Waals surface area (Å²) in [6.07, 6.45) is 1.63. The van der Waals surface area contributed by atoms with Gasteiger partial charge in [0.15, 0.2) is 5.78 Å². The molecular weight excluding hydrogens is 659 g/mol. The number of ketones is 1. The van der Waals surface area contributed by atoms with Crippen LogP contribution < -0.4 is 19.8 Å². The first-order valence-corrected chi connectivity index (χ1v) is 17.5. The van der Waals surface area contributed by atoms with Crippen LogP contribution in [0, 0.1) is 3.57 Å². The minimum absolute atomic E-state index is 0.0240. The average molecular weight is 701 g/mol. The summed E-state index contributed by atoms with van der Waals surface area (Å²) in [5.74, 6) is 0.766. The number of carbonyl (C=O) groups excluding carboxylic acids is 2. The molecule has 0 fully saturated rings. The van der Waals surface area contributed by atoms with Gasteiger partial charge >= 0.3 is 5.97 Å². The second-order valence-electron chi connectivity index (χ2n) is 12.0. The Morgan fingerprint density at radius 3 is 2.17 bits per heavy atom. The monoisotopic (exact) mass is 700 g/mol. The number of carbonyl (C=O) groups is 2. The number of halogens is 1. The molecular formula is C34H41IO6Si. The van der Waals surface area contributed by atoms with Gasteiger partial charge in [-0.05, 0) is 76.3 Å². The molecule has 1 aliphatic rings. The first-order valence-electron chi connectivity index (χ1n) is 14.5. The molecule has 0 radical (unpaired) electrons. The van der Waals surface area contributed by atoms with Gasteiger partial charge in [0.05, 0.1) is 30.3 Å². The van der Waals surface area contributed by atoms with E-state index in [-0.39, 0.29) is 23.2 Å². The van der Waals surface area contributed by atoms with Crippen LogP contribution in [0.3, 0.4) is 0 Å². The second-order valence-corrected chi connectivity index (χ2v) is 17.4. The number of esters is 1. The van der Waals surface area contributed by atoms with Gasteiger partial charge in [0.25, 0.3) is 8.32 Å². The third-order valence-electron chi connectivity index (χ3n) is 7.89. The lowest BCUT2D eigenvalue weighted by molar-refractivity contribution is -0.143. The van der Waals surface area contributed by atoms with E-state index in [0.717, 1.165) is 9.13 Å². The topological polar surface area (TPSA) is 71.1 Å². The molecule has 0 unspecified atom stereocenters. The molecule has 4 rings (SSSR count). The summed E-state index contributed by atoms with van der Waals surface area (Å²) < 4.78 is 25.5. The molecule has 0 bridgehead atoms. The Labute approximate surface area is 264 Å². The van der Waals surface area contributed by atoms with Crippen LogP contribution in [-0.2, 0) is 20.6 Å². The van der Waals surface area contributed by atoms with Crippen LogP contribution in [0.25, 0.3) is 0 Å². The summed E-state index contributed by atoms with van der Waals surface area (Å²) in [6.45, 7) is 11.2. The van der Waals surface area contributed by atoms with Crippen LogP contribution in [0.15, 0.2) is 66.7 Å². The van der Waals surface area contributed by atoms with Crippen LogP contribution in [0.2, 0.25) is 5.04 Å². The van der Waals surface area contributed by atoms with Crippen LogP contribution in [0.4, 0.5) is 0 Å². The zero-order valence-corrected chi connectivity index (χ0v) is 28.6. The fourth-order valence-electron chi connectivity index (χ4n) is 5.92. The number of ether oxygens (including phenoxy) is 3. The Bertz CT molecular complexity index is 1360. The molecule has 224 valence electrons. The SMILES string of the molecule is CCOC(=O)CCC[C@]1(C)CC(=O)c2c(OC)cc(CO[Si](c3ccccc3)(c3ccccc3)C(C)(C)C)c(I)c2O1. The number of benzene rings is 3. The van der Waals surface area contributed by atoms with E-state index >= 15 is 0 Å². The summed E-state index contributed by atoms with van der Waals surface area (Å²) in [4.78, 5) is 25.4. The first kappa shape index (κ1) is 32.2. The van der Waals surface area contributed by atoms with Gasteiger partial charge in [-0.3, -0.25) is 9.59 Å². The quantitative estimate of drug-likeness (QED) is 0.124. The average Bonchev–Trinajstić information content (AvgIpc) is 2.95. The molecule has 0 amide bonds. The first-order chi connectivity index (χ1) is 20.0. The molecule has 3 aromatic rings. The van der Waals surface area contributed by atoms with Crippen LogP contribution in [-0.4, -0.2) is 39.4 Å². The molecule has 8 heteroatoms. The second kappa shape index (κ2) is 13.3. The van der Waals surface area contributed by atoms with E-state index in [1.807, 2.05) is 25.1 Å². The normalized spacial score (nSPS) is 16.9. The Morgan fingerprint density at radius 2 is 1.64 bits per heavy atom. The van der Waals surface area contributed by atoms with Gasteiger partial charge < -0.3 is 18.6 Å². The van der Waals surface area contributed by atoms with Crippen LogP contribution in [0.5, 0.6) is 11.5 Å². The maximum atomic E-state index is 13.5. The van der Waals surface area contributed by atoms with E-state index in [1.165, 1.54) is 10.4 Å². The predicted molar refractivity (Wildman–Crippen MR) is 177 cm³/mol. The van der Waals surface area contributed by atoms with Crippen molar-refractivity contribution < 1.29 is 28.2 Å². The summed E-state index contributed by atoms with van der Waals surface area (Å²) in [5, 5.41) is 2.22. The van der Waals surface area contributed by atoms with Crippen LogP contribution in [0.1, 0.15) is 76.2 Å². The van der Waals surface area contributed by atoms with Gasteiger partial charge in [-0.2, -0.15) is 0 Å². The molecule has 1 aliphatic heterocycles. The summed E-state index contributed by atoms with van der Waals surface area (Å²) in [5.41, 5.74) is 0.639. The van der Waals surface area contributed by atoms with Gasteiger partial charge in [-0.1, -0.05) is 81.4 Å². The van der Waals surface area contributed by atoms with Crippen molar-refractivity contribution >= 4 is 53.0 Å². The lowest BCUT2D eigenvalue weighted by Gasteiger charge is -2.43. The van der Waals surface area contributed by atoms with Gasteiger partial charge in [0.1, 0.15) is 22.7 Å². The molecule has 0 spiro atoms.